The Bertz CT molecular complexity index is 1020. The highest BCUT2D eigenvalue weighted by molar-refractivity contribution is 5.89. The molecule has 2 aromatic carbocycles. The number of benzene rings is 2. The van der Waals surface area contributed by atoms with Crippen molar-refractivity contribution < 1.29 is 24.2 Å². The van der Waals surface area contributed by atoms with E-state index in [1.54, 1.807) is 18.2 Å². The zero-order chi connectivity index (χ0) is 19.6. The van der Waals surface area contributed by atoms with Gasteiger partial charge in [-0.2, -0.15) is 0 Å². The fraction of sp³-hybridized carbons (Fsp3) is 0.200. The van der Waals surface area contributed by atoms with E-state index in [0.717, 1.165) is 22.0 Å². The number of carboxylic acid groups (broad SMARTS) is 1. The molecule has 0 aliphatic heterocycles. The lowest BCUT2D eigenvalue weighted by molar-refractivity contribution is -0.141. The summed E-state index contributed by atoms with van der Waals surface area (Å²) >= 11 is 0. The molecule has 0 amide bonds. The molecule has 0 aliphatic rings. The van der Waals surface area contributed by atoms with Crippen LogP contribution in [0.3, 0.4) is 0 Å². The number of anilines is 1. The number of aromatic nitrogens is 1. The van der Waals surface area contributed by atoms with Crippen LogP contribution in [0.15, 0.2) is 42.6 Å². The summed E-state index contributed by atoms with van der Waals surface area (Å²) in [6.45, 7) is 0.0893. The maximum Gasteiger partial charge on any atom is 0.335 e. The number of fused-ring (bicyclic) bond motifs is 1. The zero-order valence-electron chi connectivity index (χ0n) is 15.1. The van der Waals surface area contributed by atoms with Gasteiger partial charge in [-0.15, -0.1) is 0 Å². The summed E-state index contributed by atoms with van der Waals surface area (Å²) in [5.74, 6) is -0.867. The number of carbonyl (C=O) groups excluding carboxylic acids is 1. The van der Waals surface area contributed by atoms with Crippen molar-refractivity contribution in [3.05, 3.63) is 59.3 Å². The number of hydrogen-bond acceptors (Lipinski definition) is 5. The van der Waals surface area contributed by atoms with Gasteiger partial charge in [0.25, 0.3) is 0 Å². The summed E-state index contributed by atoms with van der Waals surface area (Å²) in [5.41, 5.74) is 9.37. The monoisotopic (exact) mass is 368 g/mol. The minimum Gasteiger partial charge on any atom is -0.496 e. The second-order valence-electron chi connectivity index (χ2n) is 6.14. The van der Waals surface area contributed by atoms with E-state index in [1.807, 2.05) is 22.9 Å². The van der Waals surface area contributed by atoms with E-state index in [9.17, 15) is 9.59 Å². The van der Waals surface area contributed by atoms with Gasteiger partial charge in [-0.3, -0.25) is 4.79 Å². The first-order chi connectivity index (χ1) is 12.9. The van der Waals surface area contributed by atoms with Crippen molar-refractivity contribution >= 4 is 28.5 Å². The number of carbonyl (C=O) groups is 2. The minimum absolute atomic E-state index is 0.0893. The molecule has 0 aliphatic carbocycles. The van der Waals surface area contributed by atoms with Crippen LogP contribution in [-0.2, 0) is 22.5 Å². The molecule has 0 saturated carbocycles. The van der Waals surface area contributed by atoms with Crippen molar-refractivity contribution in [2.45, 2.75) is 13.0 Å². The van der Waals surface area contributed by atoms with Gasteiger partial charge in [-0.05, 0) is 41.5 Å². The van der Waals surface area contributed by atoms with Gasteiger partial charge in [0.2, 0.25) is 0 Å². The molecule has 27 heavy (non-hydrogen) atoms. The van der Waals surface area contributed by atoms with Crippen LogP contribution in [0.25, 0.3) is 10.9 Å². The number of methoxy groups -OCH3 is 2. The molecule has 1 heterocycles. The van der Waals surface area contributed by atoms with Crippen LogP contribution < -0.4 is 10.5 Å². The normalized spacial score (nSPS) is 10.7. The van der Waals surface area contributed by atoms with Gasteiger partial charge < -0.3 is 24.9 Å². The van der Waals surface area contributed by atoms with Gasteiger partial charge in [-0.1, -0.05) is 6.07 Å². The number of esters is 1. The molecule has 3 rings (SSSR count). The average molecular weight is 368 g/mol. The minimum atomic E-state index is -1.01. The number of hydrogen-bond donors (Lipinski definition) is 2. The highest BCUT2D eigenvalue weighted by atomic mass is 16.5. The number of aromatic carboxylic acids is 1. The molecular weight excluding hydrogens is 348 g/mol. The number of rotatable bonds is 6. The maximum atomic E-state index is 11.7. The molecule has 0 radical (unpaired) electrons. The third-order valence-electron chi connectivity index (χ3n) is 4.43. The van der Waals surface area contributed by atoms with E-state index in [2.05, 4.69) is 0 Å². The van der Waals surface area contributed by atoms with Crippen LogP contribution in [0, 0.1) is 0 Å². The van der Waals surface area contributed by atoms with Crippen LogP contribution in [0.1, 0.15) is 21.5 Å². The van der Waals surface area contributed by atoms with Gasteiger partial charge in [0.05, 0.1) is 19.8 Å². The Morgan fingerprint density at radius 1 is 1.11 bits per heavy atom. The summed E-state index contributed by atoms with van der Waals surface area (Å²) < 4.78 is 11.9. The van der Waals surface area contributed by atoms with E-state index in [4.69, 9.17) is 20.3 Å². The van der Waals surface area contributed by atoms with E-state index in [1.165, 1.54) is 20.3 Å². The zero-order valence-corrected chi connectivity index (χ0v) is 15.1. The number of nitrogen functional groups attached to an aromatic ring is 1. The molecule has 7 nitrogen and oxygen atoms in total. The molecule has 0 saturated heterocycles. The molecule has 140 valence electrons. The van der Waals surface area contributed by atoms with E-state index < -0.39 is 5.97 Å². The first-order valence-corrected chi connectivity index (χ1v) is 8.27. The number of ether oxygens (including phenoxy) is 2. The van der Waals surface area contributed by atoms with Crippen molar-refractivity contribution in [1.82, 2.24) is 4.57 Å². The SMILES string of the molecule is COC(=O)Cn1cc(Cc2ccc(C(=O)O)cc2OC)c2cc(N)ccc21. The number of carboxylic acids is 1. The third kappa shape index (κ3) is 3.72. The Morgan fingerprint density at radius 2 is 1.89 bits per heavy atom. The van der Waals surface area contributed by atoms with Crippen LogP contribution in [0.4, 0.5) is 5.69 Å². The lowest BCUT2D eigenvalue weighted by Gasteiger charge is -2.09. The summed E-state index contributed by atoms with van der Waals surface area (Å²) in [6.07, 6.45) is 2.38. The van der Waals surface area contributed by atoms with Gasteiger partial charge >= 0.3 is 11.9 Å². The Labute approximate surface area is 155 Å². The fourth-order valence-corrected chi connectivity index (χ4v) is 3.09. The first kappa shape index (κ1) is 18.3. The van der Waals surface area contributed by atoms with Crippen LogP contribution in [0.5, 0.6) is 5.75 Å². The smallest absolute Gasteiger partial charge is 0.335 e. The molecule has 0 fully saturated rings. The molecule has 1 aromatic heterocycles. The largest absolute Gasteiger partial charge is 0.496 e. The quantitative estimate of drug-likeness (QED) is 0.512. The standard InChI is InChI=1S/C20H20N2O5/c1-26-18-8-13(20(24)25)4-3-12(18)7-14-10-22(11-19(23)27-2)17-6-5-15(21)9-16(14)17/h3-6,8-10H,7,11,21H2,1-2H3,(H,24,25). The van der Waals surface area contributed by atoms with E-state index in [0.29, 0.717) is 17.9 Å². The first-order valence-electron chi connectivity index (χ1n) is 8.27. The van der Waals surface area contributed by atoms with Crippen LogP contribution in [0.2, 0.25) is 0 Å². The Balaban J connectivity index is 2.05. The molecular formula is C20H20N2O5. The molecule has 0 spiro atoms. The van der Waals surface area contributed by atoms with Gasteiger partial charge in [0, 0.05) is 29.2 Å². The average Bonchev–Trinajstić information content (AvgIpc) is 2.98. The van der Waals surface area contributed by atoms with Gasteiger partial charge in [-0.25, -0.2) is 4.79 Å². The summed E-state index contributed by atoms with van der Waals surface area (Å²) in [5, 5.41) is 10.1. The molecule has 0 bridgehead atoms. The summed E-state index contributed by atoms with van der Waals surface area (Å²) in [4.78, 5) is 22.9. The predicted octanol–water partition coefficient (Wildman–Crippen LogP) is 2.69. The summed E-state index contributed by atoms with van der Waals surface area (Å²) in [6, 6.07) is 10.3. The predicted molar refractivity (Wildman–Crippen MR) is 101 cm³/mol. The van der Waals surface area contributed by atoms with E-state index >= 15 is 0 Å². The van der Waals surface area contributed by atoms with E-state index in [-0.39, 0.29) is 18.1 Å². The number of nitrogens with zero attached hydrogens (tertiary/aromatic N) is 1. The van der Waals surface area contributed by atoms with Crippen molar-refractivity contribution in [3.8, 4) is 5.75 Å². The highest BCUT2D eigenvalue weighted by Gasteiger charge is 2.15. The molecule has 7 heteroatoms. The van der Waals surface area contributed by atoms with Crippen molar-refractivity contribution in [2.75, 3.05) is 20.0 Å². The van der Waals surface area contributed by atoms with Crippen molar-refractivity contribution in [2.24, 2.45) is 0 Å². The lowest BCUT2D eigenvalue weighted by atomic mass is 10.0. The van der Waals surface area contributed by atoms with Gasteiger partial charge in [0.15, 0.2) is 0 Å². The van der Waals surface area contributed by atoms with Crippen molar-refractivity contribution in [1.29, 1.82) is 0 Å². The van der Waals surface area contributed by atoms with Gasteiger partial charge in [0.1, 0.15) is 12.3 Å². The Hall–Kier alpha value is -3.48. The fourth-order valence-electron chi connectivity index (χ4n) is 3.09. The molecule has 0 unspecified atom stereocenters. The second-order valence-corrected chi connectivity index (χ2v) is 6.14. The van der Waals surface area contributed by atoms with Crippen LogP contribution in [-0.4, -0.2) is 35.8 Å². The Kier molecular flexibility index (Phi) is 5.03. The maximum absolute atomic E-state index is 11.7. The number of nitrogens with two attached hydrogens (primary N) is 1. The summed E-state index contributed by atoms with van der Waals surface area (Å²) in [7, 11) is 2.85. The third-order valence-corrected chi connectivity index (χ3v) is 4.43. The highest BCUT2D eigenvalue weighted by Crippen LogP contribution is 2.29. The topological polar surface area (TPSA) is 104 Å². The lowest BCUT2D eigenvalue weighted by Crippen LogP contribution is -2.10. The Morgan fingerprint density at radius 3 is 2.56 bits per heavy atom. The second kappa shape index (κ2) is 7.41. The molecule has 0 atom stereocenters. The van der Waals surface area contributed by atoms with Crippen LogP contribution >= 0.6 is 0 Å². The van der Waals surface area contributed by atoms with Crippen molar-refractivity contribution in [3.63, 3.8) is 0 Å². The molecule has 3 aromatic rings. The molecule has 3 N–H and O–H groups in total.